The number of nitrogens with one attached hydrogen (secondary N) is 1. The molecule has 116 valence electrons. The van der Waals surface area contributed by atoms with E-state index < -0.39 is 12.0 Å². The van der Waals surface area contributed by atoms with Crippen LogP contribution in [0.15, 0.2) is 24.3 Å². The van der Waals surface area contributed by atoms with Crippen LogP contribution in [0.5, 0.6) is 5.75 Å². The lowest BCUT2D eigenvalue weighted by molar-refractivity contribution is -0.142. The van der Waals surface area contributed by atoms with Crippen molar-refractivity contribution in [1.82, 2.24) is 0 Å². The van der Waals surface area contributed by atoms with Crippen LogP contribution in [-0.2, 0) is 14.3 Å². The Kier molecular flexibility index (Phi) is 7.63. The number of hydrogen-bond acceptors (Lipinski definition) is 6. The van der Waals surface area contributed by atoms with Crippen molar-refractivity contribution in [2.75, 3.05) is 31.0 Å². The molecule has 0 bridgehead atoms. The maximum absolute atomic E-state index is 11.9. The van der Waals surface area contributed by atoms with Crippen LogP contribution in [0.2, 0.25) is 0 Å². The number of carbonyl (C=O) groups is 2. The molecular weight excluding hydrogens is 292 g/mol. The second-order valence-corrected chi connectivity index (χ2v) is 5.26. The molecule has 1 rings (SSSR count). The number of anilines is 1. The van der Waals surface area contributed by atoms with Gasteiger partial charge in [0.05, 0.1) is 13.2 Å². The van der Waals surface area contributed by atoms with E-state index >= 15 is 0 Å². The van der Waals surface area contributed by atoms with E-state index in [-0.39, 0.29) is 12.5 Å². The molecule has 0 unspecified atom stereocenters. The highest BCUT2D eigenvalue weighted by atomic mass is 32.2. The van der Waals surface area contributed by atoms with E-state index in [0.29, 0.717) is 17.9 Å². The van der Waals surface area contributed by atoms with Crippen molar-refractivity contribution >= 4 is 29.3 Å². The Balaban J connectivity index is 2.55. The highest BCUT2D eigenvalue weighted by Gasteiger charge is 2.13. The molecule has 0 saturated carbocycles. The number of nitrogens with two attached hydrogens (primary N) is 1. The molecule has 1 amide bonds. The fourth-order valence-electron chi connectivity index (χ4n) is 1.48. The number of thioether (sulfide) groups is 1. The Morgan fingerprint density at radius 3 is 2.86 bits per heavy atom. The maximum Gasteiger partial charge on any atom is 0.343 e. The minimum atomic E-state index is -0.544. The van der Waals surface area contributed by atoms with Crippen LogP contribution < -0.4 is 15.8 Å². The van der Waals surface area contributed by atoms with E-state index in [1.54, 1.807) is 36.0 Å². The predicted molar refractivity (Wildman–Crippen MR) is 83.6 cm³/mol. The summed E-state index contributed by atoms with van der Waals surface area (Å²) in [6.07, 6.45) is 2.58. The Morgan fingerprint density at radius 2 is 2.19 bits per heavy atom. The SMILES string of the molecule is COC(=O)COc1cccc(NC(=O)[C@@H](N)CCSC)c1. The second kappa shape index (κ2) is 9.25. The molecular formula is C14H20N2O4S. The summed E-state index contributed by atoms with van der Waals surface area (Å²) in [5, 5.41) is 2.72. The first-order chi connectivity index (χ1) is 10.1. The first-order valence-corrected chi connectivity index (χ1v) is 7.81. The Labute approximate surface area is 128 Å². The average Bonchev–Trinajstić information content (AvgIpc) is 2.50. The molecule has 6 nitrogen and oxygen atoms in total. The third-order valence-electron chi connectivity index (χ3n) is 2.66. The van der Waals surface area contributed by atoms with E-state index in [4.69, 9.17) is 10.5 Å². The molecule has 1 aromatic carbocycles. The van der Waals surface area contributed by atoms with Crippen molar-refractivity contribution in [1.29, 1.82) is 0 Å². The van der Waals surface area contributed by atoms with E-state index in [1.807, 2.05) is 6.26 Å². The first-order valence-electron chi connectivity index (χ1n) is 6.42. The summed E-state index contributed by atoms with van der Waals surface area (Å²) in [5.74, 6) is 0.588. The van der Waals surface area contributed by atoms with Gasteiger partial charge in [-0.1, -0.05) is 6.07 Å². The van der Waals surface area contributed by atoms with Gasteiger partial charge in [0.15, 0.2) is 6.61 Å². The van der Waals surface area contributed by atoms with Crippen molar-refractivity contribution in [3.8, 4) is 5.75 Å². The van der Waals surface area contributed by atoms with Gasteiger partial charge in [0.2, 0.25) is 5.91 Å². The van der Waals surface area contributed by atoms with Gasteiger partial charge >= 0.3 is 5.97 Å². The minimum absolute atomic E-state index is 0.179. The van der Waals surface area contributed by atoms with Gasteiger partial charge in [-0.15, -0.1) is 0 Å². The average molecular weight is 312 g/mol. The van der Waals surface area contributed by atoms with E-state index in [1.165, 1.54) is 7.11 Å². The summed E-state index contributed by atoms with van der Waals surface area (Å²) in [6, 6.07) is 6.21. The summed E-state index contributed by atoms with van der Waals surface area (Å²) in [6.45, 7) is -0.179. The van der Waals surface area contributed by atoms with Gasteiger partial charge < -0.3 is 20.5 Å². The van der Waals surface area contributed by atoms with Crippen LogP contribution in [-0.4, -0.2) is 43.6 Å². The number of amides is 1. The maximum atomic E-state index is 11.9. The van der Waals surface area contributed by atoms with E-state index in [0.717, 1.165) is 5.75 Å². The molecule has 0 saturated heterocycles. The first kappa shape index (κ1) is 17.3. The molecule has 0 aliphatic heterocycles. The van der Waals surface area contributed by atoms with Crippen molar-refractivity contribution < 1.29 is 19.1 Å². The quantitative estimate of drug-likeness (QED) is 0.702. The molecule has 0 aliphatic carbocycles. The monoisotopic (exact) mass is 312 g/mol. The van der Waals surface area contributed by atoms with Crippen molar-refractivity contribution in [3.63, 3.8) is 0 Å². The highest BCUT2D eigenvalue weighted by molar-refractivity contribution is 7.98. The standard InChI is InChI=1S/C14H20N2O4S/c1-19-13(17)9-20-11-5-3-4-10(8-11)16-14(18)12(15)6-7-21-2/h3-5,8,12H,6-7,9,15H2,1-2H3,(H,16,18)/t12-/m0/s1. The Bertz CT molecular complexity index is 482. The Hall–Kier alpha value is -1.73. The predicted octanol–water partition coefficient (Wildman–Crippen LogP) is 1.26. The summed E-state index contributed by atoms with van der Waals surface area (Å²) in [7, 11) is 1.29. The normalized spacial score (nSPS) is 11.6. The molecule has 0 fully saturated rings. The molecule has 1 atom stereocenters. The lowest BCUT2D eigenvalue weighted by atomic mass is 10.2. The number of benzene rings is 1. The van der Waals surface area contributed by atoms with Crippen LogP contribution in [0.25, 0.3) is 0 Å². The van der Waals surface area contributed by atoms with Crippen LogP contribution >= 0.6 is 11.8 Å². The topological polar surface area (TPSA) is 90.6 Å². The summed E-state index contributed by atoms with van der Waals surface area (Å²) in [5.41, 5.74) is 6.36. The lowest BCUT2D eigenvalue weighted by Gasteiger charge is -2.12. The molecule has 0 heterocycles. The van der Waals surface area contributed by atoms with E-state index in [9.17, 15) is 9.59 Å². The number of hydrogen-bond donors (Lipinski definition) is 2. The zero-order valence-electron chi connectivity index (χ0n) is 12.1. The highest BCUT2D eigenvalue weighted by Crippen LogP contribution is 2.17. The van der Waals surface area contributed by atoms with E-state index in [2.05, 4.69) is 10.1 Å². The molecule has 1 aromatic rings. The largest absolute Gasteiger partial charge is 0.482 e. The molecule has 0 aromatic heterocycles. The number of methoxy groups -OCH3 is 1. The van der Waals surface area contributed by atoms with Gasteiger partial charge in [0.1, 0.15) is 5.75 Å². The zero-order chi connectivity index (χ0) is 15.7. The second-order valence-electron chi connectivity index (χ2n) is 4.27. The fourth-order valence-corrected chi connectivity index (χ4v) is 1.97. The molecule has 0 radical (unpaired) electrons. The molecule has 0 aliphatic rings. The van der Waals surface area contributed by atoms with Crippen LogP contribution in [0, 0.1) is 0 Å². The summed E-state index contributed by atoms with van der Waals surface area (Å²) < 4.78 is 9.73. The minimum Gasteiger partial charge on any atom is -0.482 e. The third-order valence-corrected chi connectivity index (χ3v) is 3.30. The van der Waals surface area contributed by atoms with Crippen molar-refractivity contribution in [2.24, 2.45) is 5.73 Å². The van der Waals surface area contributed by atoms with Gasteiger partial charge in [-0.2, -0.15) is 11.8 Å². The third kappa shape index (κ3) is 6.50. The summed E-state index contributed by atoms with van der Waals surface area (Å²) >= 11 is 1.64. The van der Waals surface area contributed by atoms with Crippen molar-refractivity contribution in [2.45, 2.75) is 12.5 Å². The number of esters is 1. The molecule has 0 spiro atoms. The van der Waals surface area contributed by atoms with Gasteiger partial charge in [-0.25, -0.2) is 4.79 Å². The van der Waals surface area contributed by atoms with Crippen LogP contribution in [0.3, 0.4) is 0 Å². The van der Waals surface area contributed by atoms with Crippen LogP contribution in [0.4, 0.5) is 5.69 Å². The number of rotatable bonds is 8. The Morgan fingerprint density at radius 1 is 1.43 bits per heavy atom. The molecule has 3 N–H and O–H groups in total. The summed E-state index contributed by atoms with van der Waals surface area (Å²) in [4.78, 5) is 22.9. The number of ether oxygens (including phenoxy) is 2. The smallest absolute Gasteiger partial charge is 0.343 e. The van der Waals surface area contributed by atoms with Gasteiger partial charge in [0, 0.05) is 11.8 Å². The fraction of sp³-hybridized carbons (Fsp3) is 0.429. The molecule has 7 heteroatoms. The van der Waals surface area contributed by atoms with Gasteiger partial charge in [-0.05, 0) is 30.6 Å². The lowest BCUT2D eigenvalue weighted by Crippen LogP contribution is -2.36. The van der Waals surface area contributed by atoms with Gasteiger partial charge in [-0.3, -0.25) is 4.79 Å². The zero-order valence-corrected chi connectivity index (χ0v) is 12.9. The number of carbonyl (C=O) groups excluding carboxylic acids is 2. The van der Waals surface area contributed by atoms with Crippen molar-refractivity contribution in [3.05, 3.63) is 24.3 Å². The van der Waals surface area contributed by atoms with Gasteiger partial charge in [0.25, 0.3) is 0 Å². The van der Waals surface area contributed by atoms with Crippen LogP contribution in [0.1, 0.15) is 6.42 Å². The molecule has 21 heavy (non-hydrogen) atoms.